The Balaban J connectivity index is 1.64. The molecule has 2 saturated heterocycles. The zero-order valence-corrected chi connectivity index (χ0v) is 18.0. The minimum Gasteiger partial charge on any atom is -0.379 e. The number of halogens is 1. The third-order valence-corrected chi connectivity index (χ3v) is 6.15. The van der Waals surface area contributed by atoms with Gasteiger partial charge in [0.2, 0.25) is 5.78 Å². The molecule has 0 spiro atoms. The SMILES string of the molecule is CON(Cc1ccc(F)cc1SC)C(=O)C1CN(CCN2CCOCC2)C(=O)C1=O. The van der Waals surface area contributed by atoms with Crippen molar-refractivity contribution in [2.24, 2.45) is 5.92 Å². The van der Waals surface area contributed by atoms with Crippen molar-refractivity contribution in [2.45, 2.75) is 11.4 Å². The Kier molecular flexibility index (Phi) is 7.81. The van der Waals surface area contributed by atoms with Gasteiger partial charge in [0.25, 0.3) is 11.8 Å². The van der Waals surface area contributed by atoms with Crippen LogP contribution >= 0.6 is 11.8 Å². The Morgan fingerprint density at radius 3 is 2.70 bits per heavy atom. The van der Waals surface area contributed by atoms with Crippen LogP contribution in [0.4, 0.5) is 4.39 Å². The summed E-state index contributed by atoms with van der Waals surface area (Å²) in [5.41, 5.74) is 0.694. The molecule has 1 aromatic carbocycles. The lowest BCUT2D eigenvalue weighted by Gasteiger charge is -2.28. The first-order valence-electron chi connectivity index (χ1n) is 9.75. The molecule has 2 aliphatic rings. The molecular formula is C20H26FN3O5S. The number of carbonyl (C=O) groups is 3. The molecule has 0 radical (unpaired) electrons. The van der Waals surface area contributed by atoms with Gasteiger partial charge in [0.1, 0.15) is 11.7 Å². The predicted octanol–water partition coefficient (Wildman–Crippen LogP) is 0.797. The molecule has 8 nitrogen and oxygen atoms in total. The van der Waals surface area contributed by atoms with E-state index in [0.29, 0.717) is 36.8 Å². The van der Waals surface area contributed by atoms with Gasteiger partial charge in [-0.2, -0.15) is 0 Å². The number of ketones is 1. The van der Waals surface area contributed by atoms with E-state index in [-0.39, 0.29) is 18.9 Å². The van der Waals surface area contributed by atoms with Crippen molar-refractivity contribution in [1.82, 2.24) is 14.9 Å². The first-order chi connectivity index (χ1) is 14.4. The molecule has 3 rings (SSSR count). The van der Waals surface area contributed by atoms with Crippen LogP contribution in [0, 0.1) is 11.7 Å². The third kappa shape index (κ3) is 5.18. The summed E-state index contributed by atoms with van der Waals surface area (Å²) in [6.45, 7) is 3.98. The van der Waals surface area contributed by atoms with Crippen molar-refractivity contribution in [3.05, 3.63) is 29.6 Å². The molecule has 1 atom stereocenters. The van der Waals surface area contributed by atoms with Crippen LogP contribution in [0.1, 0.15) is 5.56 Å². The highest BCUT2D eigenvalue weighted by atomic mass is 32.2. The van der Waals surface area contributed by atoms with E-state index in [0.717, 1.165) is 18.2 Å². The zero-order chi connectivity index (χ0) is 21.7. The predicted molar refractivity (Wildman–Crippen MR) is 108 cm³/mol. The quantitative estimate of drug-likeness (QED) is 0.257. The van der Waals surface area contributed by atoms with Gasteiger partial charge in [0.15, 0.2) is 0 Å². The lowest BCUT2D eigenvalue weighted by Crippen LogP contribution is -2.42. The molecule has 2 aliphatic heterocycles. The van der Waals surface area contributed by atoms with Crippen LogP contribution in [0.25, 0.3) is 0 Å². The fourth-order valence-electron chi connectivity index (χ4n) is 3.57. The molecular weight excluding hydrogens is 413 g/mol. The van der Waals surface area contributed by atoms with E-state index in [1.807, 2.05) is 6.26 Å². The third-order valence-electron chi connectivity index (χ3n) is 5.33. The summed E-state index contributed by atoms with van der Waals surface area (Å²) in [4.78, 5) is 47.3. The molecule has 0 bridgehead atoms. The number of hydrogen-bond donors (Lipinski definition) is 0. The summed E-state index contributed by atoms with van der Waals surface area (Å²) < 4.78 is 18.8. The van der Waals surface area contributed by atoms with Crippen molar-refractivity contribution < 1.29 is 28.3 Å². The Hall–Kier alpha value is -2.01. The van der Waals surface area contributed by atoms with Crippen LogP contribution in [0.15, 0.2) is 23.1 Å². The summed E-state index contributed by atoms with van der Waals surface area (Å²) in [5, 5.41) is 1.06. The molecule has 2 amide bonds. The topological polar surface area (TPSA) is 79.4 Å². The molecule has 1 unspecified atom stereocenters. The Morgan fingerprint density at radius 1 is 1.30 bits per heavy atom. The molecule has 0 saturated carbocycles. The minimum atomic E-state index is -1.10. The second kappa shape index (κ2) is 10.3. The number of Topliss-reactive ketones (excluding diaryl/α,β-unsaturated/α-hetero) is 1. The van der Waals surface area contributed by atoms with E-state index in [4.69, 9.17) is 9.57 Å². The highest BCUT2D eigenvalue weighted by molar-refractivity contribution is 7.98. The van der Waals surface area contributed by atoms with Gasteiger partial charge in [-0.25, -0.2) is 9.45 Å². The number of carbonyl (C=O) groups excluding carboxylic acids is 3. The molecule has 2 heterocycles. The summed E-state index contributed by atoms with van der Waals surface area (Å²) in [5.74, 6) is -3.38. The van der Waals surface area contributed by atoms with Crippen molar-refractivity contribution >= 4 is 29.4 Å². The molecule has 0 N–H and O–H groups in total. The van der Waals surface area contributed by atoms with Crippen LogP contribution in [0.3, 0.4) is 0 Å². The summed E-state index contributed by atoms with van der Waals surface area (Å²) >= 11 is 1.35. The minimum absolute atomic E-state index is 0.0412. The number of hydroxylamine groups is 2. The van der Waals surface area contributed by atoms with E-state index in [1.54, 1.807) is 6.07 Å². The highest BCUT2D eigenvalue weighted by Crippen LogP contribution is 2.25. The molecule has 1 aromatic rings. The lowest BCUT2D eigenvalue weighted by atomic mass is 10.1. The largest absolute Gasteiger partial charge is 0.379 e. The van der Waals surface area contributed by atoms with Crippen molar-refractivity contribution in [3.8, 4) is 0 Å². The lowest BCUT2D eigenvalue weighted by molar-refractivity contribution is -0.184. The Morgan fingerprint density at radius 2 is 2.03 bits per heavy atom. The fraction of sp³-hybridized carbons (Fsp3) is 0.550. The highest BCUT2D eigenvalue weighted by Gasteiger charge is 2.45. The normalized spacial score (nSPS) is 20.1. The van der Waals surface area contributed by atoms with Gasteiger partial charge in [-0.1, -0.05) is 6.07 Å². The summed E-state index contributed by atoms with van der Waals surface area (Å²) in [6, 6.07) is 4.28. The van der Waals surface area contributed by atoms with Crippen LogP contribution in [-0.4, -0.2) is 91.8 Å². The fourth-order valence-corrected chi connectivity index (χ4v) is 4.20. The van der Waals surface area contributed by atoms with Crippen LogP contribution < -0.4 is 0 Å². The maximum absolute atomic E-state index is 13.5. The van der Waals surface area contributed by atoms with Gasteiger partial charge >= 0.3 is 0 Å². The van der Waals surface area contributed by atoms with Gasteiger partial charge in [0, 0.05) is 37.6 Å². The number of likely N-dealkylation sites (tertiary alicyclic amines) is 1. The standard InChI is InChI=1S/C20H26FN3O5S/c1-28-24(12-14-3-4-15(21)11-17(14)30-2)19(26)16-13-23(20(27)18(16)25)6-5-22-7-9-29-10-8-22/h3-4,11,16H,5-10,12-13H2,1-2H3. The van der Waals surface area contributed by atoms with Gasteiger partial charge < -0.3 is 9.64 Å². The second-order valence-electron chi connectivity index (χ2n) is 7.14. The average Bonchev–Trinajstić information content (AvgIpc) is 3.05. The number of hydrogen-bond acceptors (Lipinski definition) is 7. The van der Waals surface area contributed by atoms with Gasteiger partial charge in [0.05, 0.1) is 26.9 Å². The first kappa shape index (κ1) is 22.7. The smallest absolute Gasteiger partial charge is 0.290 e. The van der Waals surface area contributed by atoms with Crippen LogP contribution in [0.2, 0.25) is 0 Å². The monoisotopic (exact) mass is 439 g/mol. The number of rotatable bonds is 8. The van der Waals surface area contributed by atoms with Gasteiger partial charge in [-0.05, 0) is 24.0 Å². The summed E-state index contributed by atoms with van der Waals surface area (Å²) in [6.07, 6.45) is 1.81. The second-order valence-corrected chi connectivity index (χ2v) is 7.98. The Bertz CT molecular complexity index is 803. The number of thioether (sulfide) groups is 1. The zero-order valence-electron chi connectivity index (χ0n) is 17.1. The molecule has 0 aliphatic carbocycles. The molecule has 164 valence electrons. The Labute approximate surface area is 179 Å². The van der Waals surface area contributed by atoms with Gasteiger partial charge in [-0.3, -0.25) is 24.1 Å². The van der Waals surface area contributed by atoms with E-state index < -0.39 is 23.5 Å². The molecule has 0 aromatic heterocycles. The van der Waals surface area contributed by atoms with E-state index in [1.165, 1.54) is 35.9 Å². The number of amides is 2. The number of benzene rings is 1. The van der Waals surface area contributed by atoms with Crippen LogP contribution in [0.5, 0.6) is 0 Å². The summed E-state index contributed by atoms with van der Waals surface area (Å²) in [7, 11) is 1.33. The number of morpholine rings is 1. The average molecular weight is 440 g/mol. The van der Waals surface area contributed by atoms with Crippen LogP contribution in [-0.2, 0) is 30.5 Å². The molecule has 10 heteroatoms. The van der Waals surface area contributed by atoms with E-state index in [2.05, 4.69) is 4.90 Å². The van der Waals surface area contributed by atoms with Crippen molar-refractivity contribution in [1.29, 1.82) is 0 Å². The maximum Gasteiger partial charge on any atom is 0.290 e. The van der Waals surface area contributed by atoms with Crippen molar-refractivity contribution in [2.75, 3.05) is 59.3 Å². The number of nitrogens with zero attached hydrogens (tertiary/aromatic N) is 3. The molecule has 30 heavy (non-hydrogen) atoms. The van der Waals surface area contributed by atoms with E-state index in [9.17, 15) is 18.8 Å². The van der Waals surface area contributed by atoms with Crippen molar-refractivity contribution in [3.63, 3.8) is 0 Å². The molecule has 2 fully saturated rings. The van der Waals surface area contributed by atoms with E-state index >= 15 is 0 Å². The van der Waals surface area contributed by atoms with Gasteiger partial charge in [-0.15, -0.1) is 11.8 Å². The number of ether oxygens (including phenoxy) is 1. The maximum atomic E-state index is 13.5. The first-order valence-corrected chi connectivity index (χ1v) is 11.0.